The molecule has 1 atom stereocenters. The lowest BCUT2D eigenvalue weighted by atomic mass is 10.2. The van der Waals surface area contributed by atoms with Gasteiger partial charge in [-0.3, -0.25) is 4.79 Å². The van der Waals surface area contributed by atoms with Gasteiger partial charge in [0.2, 0.25) is 0 Å². The van der Waals surface area contributed by atoms with Crippen molar-refractivity contribution in [3.63, 3.8) is 0 Å². The summed E-state index contributed by atoms with van der Waals surface area (Å²) in [7, 11) is 1.63. The van der Waals surface area contributed by atoms with Crippen molar-refractivity contribution in [2.45, 2.75) is 13.8 Å². The molecule has 0 amide bonds. The summed E-state index contributed by atoms with van der Waals surface area (Å²) in [4.78, 5) is 11.4. The zero-order valence-corrected chi connectivity index (χ0v) is 10.5. The lowest BCUT2D eigenvalue weighted by molar-refractivity contribution is -0.146. The van der Waals surface area contributed by atoms with Crippen molar-refractivity contribution >= 4 is 11.7 Å². The van der Waals surface area contributed by atoms with Crippen molar-refractivity contribution in [3.05, 3.63) is 24.3 Å². The van der Waals surface area contributed by atoms with E-state index in [1.807, 2.05) is 31.2 Å². The highest BCUT2D eigenvalue weighted by Gasteiger charge is 2.13. The predicted molar refractivity (Wildman–Crippen MR) is 67.3 cm³/mol. The fourth-order valence-electron chi connectivity index (χ4n) is 1.37. The van der Waals surface area contributed by atoms with Crippen LogP contribution in [-0.4, -0.2) is 26.2 Å². The average molecular weight is 237 g/mol. The molecule has 4 heteroatoms. The first-order valence-electron chi connectivity index (χ1n) is 5.72. The van der Waals surface area contributed by atoms with Gasteiger partial charge in [-0.25, -0.2) is 0 Å². The standard InChI is InChI=1S/C13H19NO3/c1-4-17-13(15)10(2)9-14-11-6-5-7-12(8-11)16-3/h5-8,10,14H,4,9H2,1-3H3. The second-order valence-electron chi connectivity index (χ2n) is 3.77. The minimum atomic E-state index is -0.178. The SMILES string of the molecule is CCOC(=O)C(C)CNc1cccc(OC)c1. The third-order valence-electron chi connectivity index (χ3n) is 2.37. The van der Waals surface area contributed by atoms with Crippen molar-refractivity contribution < 1.29 is 14.3 Å². The molecule has 0 aliphatic carbocycles. The van der Waals surface area contributed by atoms with Crippen molar-refractivity contribution in [3.8, 4) is 5.75 Å². The Morgan fingerprint density at radius 2 is 2.24 bits per heavy atom. The molecule has 0 aliphatic rings. The molecule has 17 heavy (non-hydrogen) atoms. The first kappa shape index (κ1) is 13.4. The number of hydrogen-bond acceptors (Lipinski definition) is 4. The number of esters is 1. The molecule has 0 saturated heterocycles. The highest BCUT2D eigenvalue weighted by molar-refractivity contribution is 5.72. The summed E-state index contributed by atoms with van der Waals surface area (Å²) in [5.41, 5.74) is 0.931. The molecule has 0 spiro atoms. The quantitative estimate of drug-likeness (QED) is 0.771. The molecule has 0 fully saturated rings. The molecule has 0 saturated carbocycles. The lowest BCUT2D eigenvalue weighted by Crippen LogP contribution is -2.22. The Balaban J connectivity index is 2.46. The van der Waals surface area contributed by atoms with Crippen LogP contribution < -0.4 is 10.1 Å². The maximum Gasteiger partial charge on any atom is 0.310 e. The Hall–Kier alpha value is -1.71. The summed E-state index contributed by atoms with van der Waals surface area (Å²) in [6, 6.07) is 7.59. The van der Waals surface area contributed by atoms with E-state index in [2.05, 4.69) is 5.32 Å². The molecule has 0 radical (unpaired) electrons. The summed E-state index contributed by atoms with van der Waals surface area (Å²) in [6.45, 7) is 4.61. The number of rotatable bonds is 6. The van der Waals surface area contributed by atoms with Crippen LogP contribution in [0.4, 0.5) is 5.69 Å². The van der Waals surface area contributed by atoms with E-state index in [-0.39, 0.29) is 11.9 Å². The van der Waals surface area contributed by atoms with E-state index < -0.39 is 0 Å². The minimum Gasteiger partial charge on any atom is -0.497 e. The maximum absolute atomic E-state index is 11.4. The first-order valence-corrected chi connectivity index (χ1v) is 5.72. The first-order chi connectivity index (χ1) is 8.17. The van der Waals surface area contributed by atoms with Crippen LogP contribution in [0.25, 0.3) is 0 Å². The normalized spacial score (nSPS) is 11.7. The van der Waals surface area contributed by atoms with E-state index in [9.17, 15) is 4.79 Å². The van der Waals surface area contributed by atoms with Crippen molar-refractivity contribution in [2.24, 2.45) is 5.92 Å². The summed E-state index contributed by atoms with van der Waals surface area (Å²) >= 11 is 0. The Morgan fingerprint density at radius 3 is 2.88 bits per heavy atom. The van der Waals surface area contributed by atoms with Crippen LogP contribution in [0.2, 0.25) is 0 Å². The molecule has 0 aromatic heterocycles. The third kappa shape index (κ3) is 4.34. The van der Waals surface area contributed by atoms with E-state index in [4.69, 9.17) is 9.47 Å². The summed E-state index contributed by atoms with van der Waals surface area (Å²) < 4.78 is 10.0. The Bertz CT molecular complexity index is 365. The van der Waals surface area contributed by atoms with Gasteiger partial charge < -0.3 is 14.8 Å². The number of anilines is 1. The van der Waals surface area contributed by atoms with Crippen LogP contribution in [0, 0.1) is 5.92 Å². The lowest BCUT2D eigenvalue weighted by Gasteiger charge is -2.13. The highest BCUT2D eigenvalue weighted by Crippen LogP contribution is 2.17. The molecule has 0 heterocycles. The van der Waals surface area contributed by atoms with E-state index >= 15 is 0 Å². The van der Waals surface area contributed by atoms with Gasteiger partial charge in [-0.05, 0) is 19.1 Å². The second-order valence-corrected chi connectivity index (χ2v) is 3.77. The Labute approximate surface area is 102 Å². The number of nitrogens with one attached hydrogen (secondary N) is 1. The topological polar surface area (TPSA) is 47.6 Å². The molecule has 1 rings (SSSR count). The third-order valence-corrected chi connectivity index (χ3v) is 2.37. The summed E-state index contributed by atoms with van der Waals surface area (Å²) in [5.74, 6) is 0.447. The predicted octanol–water partition coefficient (Wildman–Crippen LogP) is 2.31. The molecule has 1 aromatic carbocycles. The van der Waals surface area contributed by atoms with Crippen molar-refractivity contribution in [1.29, 1.82) is 0 Å². The number of methoxy groups -OCH3 is 1. The van der Waals surface area contributed by atoms with Gasteiger partial charge in [-0.2, -0.15) is 0 Å². The molecule has 1 aromatic rings. The summed E-state index contributed by atoms with van der Waals surface area (Å²) in [5, 5.41) is 3.18. The van der Waals surface area contributed by atoms with Gasteiger partial charge in [0, 0.05) is 18.3 Å². The minimum absolute atomic E-state index is 0.166. The molecule has 0 bridgehead atoms. The van der Waals surface area contributed by atoms with E-state index in [1.165, 1.54) is 0 Å². The van der Waals surface area contributed by atoms with Gasteiger partial charge in [0.1, 0.15) is 5.75 Å². The van der Waals surface area contributed by atoms with Crippen LogP contribution in [0.15, 0.2) is 24.3 Å². The Kier molecular flexibility index (Phi) is 5.33. The number of benzene rings is 1. The van der Waals surface area contributed by atoms with Gasteiger partial charge in [-0.15, -0.1) is 0 Å². The van der Waals surface area contributed by atoms with Gasteiger partial charge in [-0.1, -0.05) is 13.0 Å². The van der Waals surface area contributed by atoms with Crippen molar-refractivity contribution in [2.75, 3.05) is 25.6 Å². The molecule has 1 unspecified atom stereocenters. The van der Waals surface area contributed by atoms with Gasteiger partial charge >= 0.3 is 5.97 Å². The largest absolute Gasteiger partial charge is 0.497 e. The highest BCUT2D eigenvalue weighted by atomic mass is 16.5. The number of ether oxygens (including phenoxy) is 2. The van der Waals surface area contributed by atoms with Gasteiger partial charge in [0.25, 0.3) is 0 Å². The van der Waals surface area contributed by atoms with E-state index in [1.54, 1.807) is 14.0 Å². The smallest absolute Gasteiger partial charge is 0.310 e. The van der Waals surface area contributed by atoms with Crippen LogP contribution in [-0.2, 0) is 9.53 Å². The molecule has 94 valence electrons. The molecular formula is C13H19NO3. The van der Waals surface area contributed by atoms with Crippen LogP contribution in [0.1, 0.15) is 13.8 Å². The molecule has 0 aliphatic heterocycles. The van der Waals surface area contributed by atoms with Crippen LogP contribution in [0.3, 0.4) is 0 Å². The monoisotopic (exact) mass is 237 g/mol. The Morgan fingerprint density at radius 1 is 1.47 bits per heavy atom. The van der Waals surface area contributed by atoms with Crippen LogP contribution in [0.5, 0.6) is 5.75 Å². The number of carbonyl (C=O) groups excluding carboxylic acids is 1. The van der Waals surface area contributed by atoms with Gasteiger partial charge in [0.05, 0.1) is 19.6 Å². The molecule has 4 nitrogen and oxygen atoms in total. The van der Waals surface area contributed by atoms with E-state index in [0.717, 1.165) is 11.4 Å². The fraction of sp³-hybridized carbons (Fsp3) is 0.462. The van der Waals surface area contributed by atoms with E-state index in [0.29, 0.717) is 13.2 Å². The van der Waals surface area contributed by atoms with Crippen LogP contribution >= 0.6 is 0 Å². The maximum atomic E-state index is 11.4. The zero-order chi connectivity index (χ0) is 12.7. The molecule has 1 N–H and O–H groups in total. The van der Waals surface area contributed by atoms with Crippen molar-refractivity contribution in [1.82, 2.24) is 0 Å². The van der Waals surface area contributed by atoms with Gasteiger partial charge in [0.15, 0.2) is 0 Å². The fourth-order valence-corrected chi connectivity index (χ4v) is 1.37. The second kappa shape index (κ2) is 6.78. The molecular weight excluding hydrogens is 218 g/mol. The average Bonchev–Trinajstić information content (AvgIpc) is 2.36. The number of carbonyl (C=O) groups is 1. The zero-order valence-electron chi connectivity index (χ0n) is 10.5. The summed E-state index contributed by atoms with van der Waals surface area (Å²) in [6.07, 6.45) is 0. The number of hydrogen-bond donors (Lipinski definition) is 1.